The normalized spacial score (nSPS) is 20.1. The maximum Gasteiger partial charge on any atom is 0.303 e. The Bertz CT molecular complexity index is 2880. The molecule has 5 rings (SSSR count). The zero-order valence-electron chi connectivity index (χ0n) is 52.6. The molecule has 20 nitrogen and oxygen atoms in total. The molecule has 1 aromatic heterocycles. The molecule has 2 aromatic rings. The number of imide groups is 1. The van der Waals surface area contributed by atoms with Crippen LogP contribution >= 0.6 is 23.1 Å². The van der Waals surface area contributed by atoms with Gasteiger partial charge in [0.15, 0.2) is 6.10 Å². The predicted octanol–water partition coefficient (Wildman–Crippen LogP) is 8.14. The van der Waals surface area contributed by atoms with E-state index < -0.39 is 65.1 Å². The van der Waals surface area contributed by atoms with E-state index in [1.165, 1.54) is 23.6 Å². The molecule has 1 aromatic carbocycles. The monoisotopic (exact) mass is 1250 g/mol. The number of esters is 1. The van der Waals surface area contributed by atoms with E-state index in [1.54, 1.807) is 48.5 Å². The SMILES string of the molecule is CC[C@H](C)[C@H](NC(=O)[C@H]1CCCCN1C)C(=O)N(C)[C@H](C[C@@H](OC(C)=O)c1nc(C(=O)N[C@@H](Cc2ccc(NC(=O)[C@H](CCCCN)NC(=O)CCCCCN3C(=O)CC(SC4=C\C=C/C=C\C=C/C=C\C=C4)C3=O)cc2)CC(C)C(N)=O)cs1)C(C)C. The van der Waals surface area contributed by atoms with Crippen LogP contribution in [0.2, 0.25) is 0 Å². The first-order valence-corrected chi connectivity index (χ1v) is 32.8. The molecular formula is C66H94N10O10S2. The van der Waals surface area contributed by atoms with Gasteiger partial charge in [-0.15, -0.1) is 23.1 Å². The topological polar surface area (TPSA) is 286 Å². The van der Waals surface area contributed by atoms with Crippen LogP contribution in [-0.2, 0) is 49.5 Å². The lowest BCUT2D eigenvalue weighted by Crippen LogP contribution is -2.58. The summed E-state index contributed by atoms with van der Waals surface area (Å²) in [7, 11) is 3.63. The molecule has 0 radical (unpaired) electrons. The average molecular weight is 1250 g/mol. The Morgan fingerprint density at radius 2 is 1.56 bits per heavy atom. The molecule has 1 aliphatic carbocycles. The molecule has 2 saturated heterocycles. The molecular weight excluding hydrogens is 1160 g/mol. The third-order valence-corrected chi connectivity index (χ3v) is 18.3. The number of carbonyl (C=O) groups excluding carboxylic acids is 9. The van der Waals surface area contributed by atoms with Crippen molar-refractivity contribution in [2.45, 2.75) is 179 Å². The summed E-state index contributed by atoms with van der Waals surface area (Å²) >= 11 is 2.51. The van der Waals surface area contributed by atoms with Crippen molar-refractivity contribution in [3.63, 3.8) is 0 Å². The zero-order chi connectivity index (χ0) is 64.3. The van der Waals surface area contributed by atoms with Crippen LogP contribution in [0.4, 0.5) is 5.69 Å². The largest absolute Gasteiger partial charge is 0.455 e. The number of anilines is 1. The highest BCUT2D eigenvalue weighted by Crippen LogP contribution is 2.34. The van der Waals surface area contributed by atoms with E-state index in [0.717, 1.165) is 47.6 Å². The van der Waals surface area contributed by atoms with Crippen molar-refractivity contribution in [1.29, 1.82) is 0 Å². The number of likely N-dealkylation sites (N-methyl/N-ethyl adjacent to an activating group) is 2. The molecule has 8 amide bonds. The van der Waals surface area contributed by atoms with Gasteiger partial charge >= 0.3 is 5.97 Å². The first-order chi connectivity index (χ1) is 42.1. The fraction of sp³-hybridized carbons (Fsp3) is 0.545. The molecule has 480 valence electrons. The quantitative estimate of drug-likeness (QED) is 0.0224. The van der Waals surface area contributed by atoms with Gasteiger partial charge in [-0.2, -0.15) is 0 Å². The summed E-state index contributed by atoms with van der Waals surface area (Å²) < 4.78 is 5.86. The first kappa shape index (κ1) is 71.7. The summed E-state index contributed by atoms with van der Waals surface area (Å²) in [6.07, 6.45) is 27.5. The van der Waals surface area contributed by atoms with Crippen molar-refractivity contribution in [3.05, 3.63) is 118 Å². The van der Waals surface area contributed by atoms with Crippen LogP contribution in [-0.4, -0.2) is 142 Å². The van der Waals surface area contributed by atoms with Crippen molar-refractivity contribution in [2.24, 2.45) is 29.2 Å². The Labute approximate surface area is 528 Å². The fourth-order valence-corrected chi connectivity index (χ4v) is 12.7. The number of hydrogen-bond acceptors (Lipinski definition) is 15. The molecule has 9 atom stereocenters. The van der Waals surface area contributed by atoms with Crippen LogP contribution in [0.1, 0.15) is 159 Å². The van der Waals surface area contributed by atoms with Gasteiger partial charge in [0.1, 0.15) is 22.8 Å². The fourth-order valence-electron chi connectivity index (χ4n) is 10.8. The summed E-state index contributed by atoms with van der Waals surface area (Å²) in [5, 5.41) is 13.3. The number of likely N-dealkylation sites (tertiary alicyclic amines) is 2. The molecule has 8 N–H and O–H groups in total. The number of amides is 8. The lowest BCUT2D eigenvalue weighted by Gasteiger charge is -2.38. The lowest BCUT2D eigenvalue weighted by molar-refractivity contribution is -0.149. The number of rotatable bonds is 33. The van der Waals surface area contributed by atoms with E-state index >= 15 is 0 Å². The number of thioether (sulfide) groups is 1. The molecule has 2 aliphatic heterocycles. The number of ether oxygens (including phenoxy) is 1. The number of nitrogens with zero attached hydrogens (tertiary/aromatic N) is 4. The van der Waals surface area contributed by atoms with Gasteiger partial charge in [0.2, 0.25) is 41.4 Å². The minimum absolute atomic E-state index is 0.0651. The van der Waals surface area contributed by atoms with Gasteiger partial charge < -0.3 is 42.4 Å². The lowest BCUT2D eigenvalue weighted by atomic mass is 9.92. The molecule has 0 saturated carbocycles. The van der Waals surface area contributed by atoms with Crippen molar-refractivity contribution < 1.29 is 47.9 Å². The van der Waals surface area contributed by atoms with E-state index in [9.17, 15) is 43.2 Å². The number of allylic oxidation sites excluding steroid dienone is 11. The smallest absolute Gasteiger partial charge is 0.303 e. The van der Waals surface area contributed by atoms with Crippen molar-refractivity contribution in [2.75, 3.05) is 39.0 Å². The van der Waals surface area contributed by atoms with Gasteiger partial charge in [0, 0.05) is 73.8 Å². The highest BCUT2D eigenvalue weighted by atomic mass is 32.2. The average Bonchev–Trinajstić information content (AvgIpc) is 4.19. The van der Waals surface area contributed by atoms with E-state index in [2.05, 4.69) is 26.3 Å². The van der Waals surface area contributed by atoms with Gasteiger partial charge in [-0.3, -0.25) is 53.0 Å². The highest BCUT2D eigenvalue weighted by Gasteiger charge is 2.40. The maximum absolute atomic E-state index is 14.4. The Morgan fingerprint density at radius 3 is 2.20 bits per heavy atom. The molecule has 88 heavy (non-hydrogen) atoms. The number of nitrogens with one attached hydrogen (secondary N) is 4. The van der Waals surface area contributed by atoms with E-state index in [4.69, 9.17) is 16.2 Å². The number of piperidine rings is 1. The second-order valence-electron chi connectivity index (χ2n) is 23.5. The minimum Gasteiger partial charge on any atom is -0.455 e. The van der Waals surface area contributed by atoms with Crippen LogP contribution in [0, 0.1) is 17.8 Å². The molecule has 22 heteroatoms. The number of unbranched alkanes of at least 4 members (excludes halogenated alkanes) is 3. The standard InChI is InChI=1S/C66H94N10O10S2/c1-9-44(4)59(73-63(83)53-29-22-25-36-74(53)7)66(85)75(8)54(43(2)3)40-55(86-46(6)77)64-72-52(42-87-64)62(82)70-49(38-45(5)60(68)80)39-47-31-33-48(34-32-47)69-61(81)51(28-21-23-35-67)71-57(78)30-20-17-24-37-76-58(79)41-56(65(76)84)88-50-26-18-15-13-11-10-12-14-16-19-27-50/h10-16,18-19,26-27,31-34,42-45,49,51,53-56,59H,9,17,20-25,28-30,35-41,67H2,1-8H3,(H2,68,80)(H,69,81)(H,70,82)(H,71,78)(H,73,83)/b11-10-,12-10?,13-11?,14-12-,15-13-,16-14?,18-15?,19-16-,26-18?,27-19?,50-26?,50-27?/t44-,45?,49+,51-,53+,54+,55+,56?,59-/m0/s1. The Hall–Kier alpha value is -7.01. The van der Waals surface area contributed by atoms with E-state index in [-0.39, 0.29) is 91.8 Å². The molecule has 2 fully saturated rings. The number of carbonyl (C=O) groups is 9. The zero-order valence-corrected chi connectivity index (χ0v) is 54.2. The summed E-state index contributed by atoms with van der Waals surface area (Å²) in [5.74, 6) is -4.07. The van der Waals surface area contributed by atoms with Gasteiger partial charge in [-0.25, -0.2) is 4.98 Å². The Balaban J connectivity index is 1.17. The Morgan fingerprint density at radius 1 is 0.864 bits per heavy atom. The molecule has 0 spiro atoms. The number of aromatic nitrogens is 1. The summed E-state index contributed by atoms with van der Waals surface area (Å²) in [6.45, 7) is 12.3. The highest BCUT2D eigenvalue weighted by molar-refractivity contribution is 8.04. The van der Waals surface area contributed by atoms with Gasteiger partial charge in [-0.1, -0.05) is 121 Å². The second kappa shape index (κ2) is 37.1. The third kappa shape index (κ3) is 23.2. The number of nitrogens with two attached hydrogens (primary N) is 2. The molecule has 3 heterocycles. The number of benzene rings is 1. The minimum atomic E-state index is -0.916. The Kier molecular flexibility index (Phi) is 30.2. The van der Waals surface area contributed by atoms with Crippen molar-refractivity contribution in [1.82, 2.24) is 35.6 Å². The summed E-state index contributed by atoms with van der Waals surface area (Å²) in [6, 6.07) is 4.04. The van der Waals surface area contributed by atoms with Crippen LogP contribution in [0.25, 0.3) is 0 Å². The van der Waals surface area contributed by atoms with Crippen molar-refractivity contribution >= 4 is 82.0 Å². The molecule has 3 aliphatic rings. The molecule has 0 bridgehead atoms. The van der Waals surface area contributed by atoms with Crippen LogP contribution in [0.15, 0.2) is 101 Å². The van der Waals surface area contributed by atoms with Crippen LogP contribution < -0.4 is 32.7 Å². The van der Waals surface area contributed by atoms with Crippen LogP contribution in [0.3, 0.4) is 0 Å². The number of hydrogen-bond donors (Lipinski definition) is 6. The first-order valence-electron chi connectivity index (χ1n) is 31.1. The van der Waals surface area contributed by atoms with Gasteiger partial charge in [-0.05, 0) is 120 Å². The van der Waals surface area contributed by atoms with Gasteiger partial charge in [0.25, 0.3) is 5.91 Å². The number of thiazole rings is 1. The van der Waals surface area contributed by atoms with Gasteiger partial charge in [0.05, 0.1) is 11.3 Å². The number of primary amides is 1. The van der Waals surface area contributed by atoms with E-state index in [1.807, 2.05) is 106 Å². The summed E-state index contributed by atoms with van der Waals surface area (Å²) in [5.41, 5.74) is 12.8. The summed E-state index contributed by atoms with van der Waals surface area (Å²) in [4.78, 5) is 131. The predicted molar refractivity (Wildman–Crippen MR) is 347 cm³/mol. The second-order valence-corrected chi connectivity index (χ2v) is 25.7. The van der Waals surface area contributed by atoms with Crippen LogP contribution in [0.5, 0.6) is 0 Å². The third-order valence-electron chi connectivity index (χ3n) is 16.2. The maximum atomic E-state index is 14.4. The van der Waals surface area contributed by atoms with E-state index in [0.29, 0.717) is 62.2 Å². The van der Waals surface area contributed by atoms with Crippen molar-refractivity contribution in [3.8, 4) is 0 Å². The molecule has 2 unspecified atom stereocenters.